The summed E-state index contributed by atoms with van der Waals surface area (Å²) >= 11 is 5.96. The molecule has 0 aliphatic rings. The van der Waals surface area contributed by atoms with Crippen molar-refractivity contribution in [2.45, 2.75) is 4.90 Å². The van der Waals surface area contributed by atoms with E-state index < -0.39 is 54.3 Å². The Kier molecular flexibility index (Phi) is 5.61. The second-order valence-electron chi connectivity index (χ2n) is 5.10. The van der Waals surface area contributed by atoms with Gasteiger partial charge in [0.25, 0.3) is 21.4 Å². The number of hydrogen-bond acceptors (Lipinski definition) is 7. The van der Waals surface area contributed by atoms with E-state index in [0.717, 1.165) is 30.3 Å². The van der Waals surface area contributed by atoms with Crippen LogP contribution in [0.15, 0.2) is 47.4 Å². The molecule has 0 aliphatic heterocycles. The number of nitro benzene ring substituents is 2. The highest BCUT2D eigenvalue weighted by atomic mass is 35.5. The molecule has 1 amide bonds. The summed E-state index contributed by atoms with van der Waals surface area (Å²) in [6.45, 7) is -0.935. The van der Waals surface area contributed by atoms with Gasteiger partial charge in [0.05, 0.1) is 20.6 Å². The Morgan fingerprint density at radius 1 is 1.11 bits per heavy atom. The van der Waals surface area contributed by atoms with Crippen LogP contribution in [-0.4, -0.2) is 30.7 Å². The molecule has 0 saturated carbocycles. The number of amides is 1. The number of rotatable bonds is 7. The number of carbonyl (C=O) groups excluding carboxylic acids is 1. The van der Waals surface area contributed by atoms with Crippen molar-refractivity contribution in [3.63, 3.8) is 0 Å². The van der Waals surface area contributed by atoms with Crippen molar-refractivity contribution in [2.24, 2.45) is 5.73 Å². The van der Waals surface area contributed by atoms with Gasteiger partial charge in [0.1, 0.15) is 6.54 Å². The standard InChI is InChI=1S/C14H11ClN4O7S/c15-10-6-5-9(18(21)22)7-12(10)17(8-14(16)20)27(25,26)13-4-2-1-3-11(13)19(23)24/h1-7H,8H2,(H2,16,20). The van der Waals surface area contributed by atoms with Gasteiger partial charge in [-0.15, -0.1) is 0 Å². The third-order valence-corrected chi connectivity index (χ3v) is 5.47. The number of para-hydroxylation sites is 1. The topological polar surface area (TPSA) is 167 Å². The van der Waals surface area contributed by atoms with Gasteiger partial charge in [0, 0.05) is 18.2 Å². The SMILES string of the molecule is NC(=O)CN(c1cc([N+](=O)[O-])ccc1Cl)S(=O)(=O)c1ccccc1[N+](=O)[O-]. The number of non-ortho nitro benzene ring substituents is 1. The number of anilines is 1. The van der Waals surface area contributed by atoms with Crippen LogP contribution < -0.4 is 10.0 Å². The fourth-order valence-corrected chi connectivity index (χ4v) is 4.06. The lowest BCUT2D eigenvalue weighted by atomic mass is 10.3. The Balaban J connectivity index is 2.75. The molecule has 0 saturated heterocycles. The molecule has 0 aliphatic carbocycles. The summed E-state index contributed by atoms with van der Waals surface area (Å²) in [5, 5.41) is 21.9. The smallest absolute Gasteiger partial charge is 0.289 e. The van der Waals surface area contributed by atoms with Crippen molar-refractivity contribution in [2.75, 3.05) is 10.8 Å². The van der Waals surface area contributed by atoms with Crippen LogP contribution in [0.2, 0.25) is 5.02 Å². The van der Waals surface area contributed by atoms with Gasteiger partial charge in [0.15, 0.2) is 4.90 Å². The largest absolute Gasteiger partial charge is 0.368 e. The van der Waals surface area contributed by atoms with Gasteiger partial charge in [-0.25, -0.2) is 8.42 Å². The Morgan fingerprint density at radius 3 is 2.30 bits per heavy atom. The molecule has 0 unspecified atom stereocenters. The van der Waals surface area contributed by atoms with Crippen LogP contribution in [0.1, 0.15) is 0 Å². The molecule has 13 heteroatoms. The van der Waals surface area contributed by atoms with E-state index in [2.05, 4.69) is 0 Å². The molecule has 2 rings (SSSR count). The van der Waals surface area contributed by atoms with Crippen LogP contribution in [0.25, 0.3) is 0 Å². The highest BCUT2D eigenvalue weighted by Gasteiger charge is 2.34. The van der Waals surface area contributed by atoms with Crippen LogP contribution in [0.3, 0.4) is 0 Å². The maximum Gasteiger partial charge on any atom is 0.289 e. The van der Waals surface area contributed by atoms with E-state index in [0.29, 0.717) is 4.31 Å². The molecule has 0 heterocycles. The van der Waals surface area contributed by atoms with E-state index in [4.69, 9.17) is 17.3 Å². The number of halogens is 1. The first-order valence-electron chi connectivity index (χ1n) is 7.04. The maximum absolute atomic E-state index is 13.0. The van der Waals surface area contributed by atoms with Crippen LogP contribution >= 0.6 is 11.6 Å². The molecule has 0 radical (unpaired) electrons. The minimum atomic E-state index is -4.71. The molecule has 2 aromatic carbocycles. The van der Waals surface area contributed by atoms with E-state index in [1.165, 1.54) is 12.1 Å². The average molecular weight is 415 g/mol. The Bertz CT molecular complexity index is 1040. The van der Waals surface area contributed by atoms with Crippen molar-refractivity contribution in [3.8, 4) is 0 Å². The van der Waals surface area contributed by atoms with Crippen molar-refractivity contribution < 1.29 is 23.1 Å². The van der Waals surface area contributed by atoms with Crippen molar-refractivity contribution in [3.05, 3.63) is 67.7 Å². The Hall–Kier alpha value is -3.25. The van der Waals surface area contributed by atoms with Crippen molar-refractivity contribution in [1.29, 1.82) is 0 Å². The molecule has 0 spiro atoms. The van der Waals surface area contributed by atoms with E-state index in [1.807, 2.05) is 0 Å². The van der Waals surface area contributed by atoms with Gasteiger partial charge in [-0.1, -0.05) is 23.7 Å². The van der Waals surface area contributed by atoms with Gasteiger partial charge in [0.2, 0.25) is 5.91 Å². The molecule has 142 valence electrons. The lowest BCUT2D eigenvalue weighted by molar-refractivity contribution is -0.387. The number of nitrogens with two attached hydrogens (primary N) is 1. The highest BCUT2D eigenvalue weighted by Crippen LogP contribution is 2.35. The average Bonchev–Trinajstić information content (AvgIpc) is 2.59. The summed E-state index contributed by atoms with van der Waals surface area (Å²) in [6.07, 6.45) is 0. The molecule has 0 atom stereocenters. The third kappa shape index (κ3) is 4.12. The van der Waals surface area contributed by atoms with Gasteiger partial charge < -0.3 is 5.73 Å². The minimum Gasteiger partial charge on any atom is -0.368 e. The molecular weight excluding hydrogens is 404 g/mol. The second kappa shape index (κ2) is 7.55. The van der Waals surface area contributed by atoms with Gasteiger partial charge in [-0.2, -0.15) is 0 Å². The van der Waals surface area contributed by atoms with Gasteiger partial charge >= 0.3 is 0 Å². The summed E-state index contributed by atoms with van der Waals surface area (Å²) in [5.41, 5.74) is 3.44. The number of sulfonamides is 1. The van der Waals surface area contributed by atoms with E-state index in [1.54, 1.807) is 0 Å². The second-order valence-corrected chi connectivity index (χ2v) is 7.33. The normalized spacial score (nSPS) is 11.0. The fraction of sp³-hybridized carbons (Fsp3) is 0.0714. The number of primary amides is 1. The van der Waals surface area contributed by atoms with Crippen molar-refractivity contribution in [1.82, 2.24) is 0 Å². The lowest BCUT2D eigenvalue weighted by Crippen LogP contribution is -2.39. The third-order valence-electron chi connectivity index (χ3n) is 3.34. The first-order valence-corrected chi connectivity index (χ1v) is 8.86. The quantitative estimate of drug-likeness (QED) is 0.532. The maximum atomic E-state index is 13.0. The first-order chi connectivity index (χ1) is 12.6. The van der Waals surface area contributed by atoms with Crippen LogP contribution in [-0.2, 0) is 14.8 Å². The highest BCUT2D eigenvalue weighted by molar-refractivity contribution is 7.93. The van der Waals surface area contributed by atoms with E-state index in [9.17, 15) is 33.4 Å². The zero-order valence-corrected chi connectivity index (χ0v) is 14.9. The number of benzene rings is 2. The number of carbonyl (C=O) groups is 1. The predicted octanol–water partition coefficient (Wildman–Crippen LogP) is 1.84. The first kappa shape index (κ1) is 20.1. The molecule has 27 heavy (non-hydrogen) atoms. The van der Waals surface area contributed by atoms with Crippen molar-refractivity contribution >= 4 is 44.6 Å². The lowest BCUT2D eigenvalue weighted by Gasteiger charge is -2.23. The van der Waals surface area contributed by atoms with E-state index in [-0.39, 0.29) is 5.02 Å². The number of nitrogens with zero attached hydrogens (tertiary/aromatic N) is 3. The molecule has 0 aromatic heterocycles. The van der Waals surface area contributed by atoms with Crippen LogP contribution in [0.4, 0.5) is 17.1 Å². The fourth-order valence-electron chi connectivity index (χ4n) is 2.19. The Morgan fingerprint density at radius 2 is 1.74 bits per heavy atom. The zero-order valence-electron chi connectivity index (χ0n) is 13.3. The summed E-state index contributed by atoms with van der Waals surface area (Å²) < 4.78 is 26.4. The monoisotopic (exact) mass is 414 g/mol. The van der Waals surface area contributed by atoms with Gasteiger partial charge in [-0.3, -0.25) is 29.3 Å². The summed E-state index contributed by atoms with van der Waals surface area (Å²) in [5.74, 6) is -1.10. The molecule has 2 aromatic rings. The predicted molar refractivity (Wildman–Crippen MR) is 94.9 cm³/mol. The summed E-state index contributed by atoms with van der Waals surface area (Å²) in [7, 11) is -4.71. The molecule has 0 bridgehead atoms. The Labute approximate surface area is 157 Å². The summed E-state index contributed by atoms with van der Waals surface area (Å²) in [6, 6.07) is 7.37. The zero-order chi connectivity index (χ0) is 20.4. The number of hydrogen-bond donors (Lipinski definition) is 1. The molecule has 11 nitrogen and oxygen atoms in total. The molecule has 2 N–H and O–H groups in total. The molecule has 0 fully saturated rings. The molecular formula is C14H11ClN4O7S. The van der Waals surface area contributed by atoms with Crippen LogP contribution in [0.5, 0.6) is 0 Å². The summed E-state index contributed by atoms with van der Waals surface area (Å²) in [4.78, 5) is 31.1. The van der Waals surface area contributed by atoms with Crippen LogP contribution in [0, 0.1) is 20.2 Å². The van der Waals surface area contributed by atoms with E-state index >= 15 is 0 Å². The van der Waals surface area contributed by atoms with Gasteiger partial charge in [-0.05, 0) is 12.1 Å². The number of nitro groups is 2. The minimum absolute atomic E-state index is 0.232.